The van der Waals surface area contributed by atoms with E-state index in [2.05, 4.69) is 49.2 Å². The molecule has 1 aliphatic carbocycles. The van der Waals surface area contributed by atoms with Crippen molar-refractivity contribution in [1.29, 1.82) is 0 Å². The molecule has 0 bridgehead atoms. The minimum Gasteiger partial charge on any atom is -0.324 e. The van der Waals surface area contributed by atoms with E-state index in [0.29, 0.717) is 12.6 Å². The Balaban J connectivity index is 1.84. The van der Waals surface area contributed by atoms with Crippen LogP contribution in [0.3, 0.4) is 0 Å². The standard InChI is InChI=1S/C13H16BrIN2O/c14-9-5-6-11(15)12(7-9)17-13(18)8-16-10-3-1-2-4-10/h5-7,10,16H,1-4,8H2,(H,17,18). The van der Waals surface area contributed by atoms with Crippen LogP contribution in [-0.2, 0) is 4.79 Å². The Hall–Kier alpha value is -0.140. The van der Waals surface area contributed by atoms with Crippen LogP contribution in [0, 0.1) is 3.57 Å². The topological polar surface area (TPSA) is 41.1 Å². The zero-order valence-corrected chi connectivity index (χ0v) is 13.8. The number of halogens is 2. The molecule has 5 heteroatoms. The monoisotopic (exact) mass is 422 g/mol. The lowest BCUT2D eigenvalue weighted by Gasteiger charge is -2.12. The molecule has 18 heavy (non-hydrogen) atoms. The van der Waals surface area contributed by atoms with Gasteiger partial charge in [0.2, 0.25) is 5.91 Å². The van der Waals surface area contributed by atoms with Crippen molar-refractivity contribution in [2.24, 2.45) is 0 Å². The predicted octanol–water partition coefficient (Wildman–Crippen LogP) is 3.52. The van der Waals surface area contributed by atoms with Crippen LogP contribution in [0.1, 0.15) is 25.7 Å². The van der Waals surface area contributed by atoms with E-state index in [1.807, 2.05) is 18.2 Å². The van der Waals surface area contributed by atoms with E-state index < -0.39 is 0 Å². The molecule has 1 fully saturated rings. The lowest BCUT2D eigenvalue weighted by molar-refractivity contribution is -0.115. The first-order chi connectivity index (χ1) is 8.65. The molecule has 0 aliphatic heterocycles. The molecule has 0 radical (unpaired) electrons. The molecule has 0 heterocycles. The van der Waals surface area contributed by atoms with Crippen LogP contribution < -0.4 is 10.6 Å². The summed E-state index contributed by atoms with van der Waals surface area (Å²) in [4.78, 5) is 11.8. The van der Waals surface area contributed by atoms with Crippen LogP contribution in [0.5, 0.6) is 0 Å². The van der Waals surface area contributed by atoms with Gasteiger partial charge in [-0.3, -0.25) is 4.79 Å². The summed E-state index contributed by atoms with van der Waals surface area (Å²) in [7, 11) is 0. The van der Waals surface area contributed by atoms with Gasteiger partial charge in [-0.05, 0) is 53.6 Å². The summed E-state index contributed by atoms with van der Waals surface area (Å²) >= 11 is 5.63. The van der Waals surface area contributed by atoms with Crippen molar-refractivity contribution in [3.05, 3.63) is 26.2 Å². The Morgan fingerprint density at radius 3 is 2.83 bits per heavy atom. The Morgan fingerprint density at radius 2 is 2.11 bits per heavy atom. The highest BCUT2D eigenvalue weighted by atomic mass is 127. The van der Waals surface area contributed by atoms with Gasteiger partial charge >= 0.3 is 0 Å². The number of hydrogen-bond donors (Lipinski definition) is 2. The molecule has 1 aromatic rings. The fourth-order valence-corrected chi connectivity index (χ4v) is 2.99. The first-order valence-corrected chi connectivity index (χ1v) is 8.00. The minimum absolute atomic E-state index is 0.0258. The lowest BCUT2D eigenvalue weighted by Crippen LogP contribution is -2.34. The van der Waals surface area contributed by atoms with Crippen molar-refractivity contribution in [2.75, 3.05) is 11.9 Å². The molecule has 0 atom stereocenters. The largest absolute Gasteiger partial charge is 0.324 e. The number of hydrogen-bond acceptors (Lipinski definition) is 2. The number of amides is 1. The summed E-state index contributed by atoms with van der Waals surface area (Å²) in [6.07, 6.45) is 4.95. The summed E-state index contributed by atoms with van der Waals surface area (Å²) < 4.78 is 2.02. The van der Waals surface area contributed by atoms with Gasteiger partial charge in [-0.2, -0.15) is 0 Å². The molecule has 1 saturated carbocycles. The Morgan fingerprint density at radius 1 is 1.39 bits per heavy atom. The number of rotatable bonds is 4. The van der Waals surface area contributed by atoms with E-state index in [1.165, 1.54) is 25.7 Å². The third kappa shape index (κ3) is 4.20. The molecule has 2 rings (SSSR count). The van der Waals surface area contributed by atoms with Gasteiger partial charge in [0.05, 0.1) is 12.2 Å². The first-order valence-electron chi connectivity index (χ1n) is 6.13. The van der Waals surface area contributed by atoms with E-state index in [4.69, 9.17) is 0 Å². The van der Waals surface area contributed by atoms with Crippen LogP contribution in [0.2, 0.25) is 0 Å². The first kappa shape index (κ1) is 14.3. The average Bonchev–Trinajstić information content (AvgIpc) is 2.84. The van der Waals surface area contributed by atoms with Crippen LogP contribution in [0.4, 0.5) is 5.69 Å². The number of benzene rings is 1. The normalized spacial score (nSPS) is 15.9. The molecule has 98 valence electrons. The Bertz CT molecular complexity index is 433. The molecule has 0 aromatic heterocycles. The van der Waals surface area contributed by atoms with Crippen LogP contribution >= 0.6 is 38.5 Å². The predicted molar refractivity (Wildman–Crippen MR) is 85.7 cm³/mol. The molecule has 1 aliphatic rings. The van der Waals surface area contributed by atoms with Crippen LogP contribution in [0.25, 0.3) is 0 Å². The summed E-state index contributed by atoms with van der Waals surface area (Å²) in [6, 6.07) is 6.39. The van der Waals surface area contributed by atoms with Crippen molar-refractivity contribution < 1.29 is 4.79 Å². The zero-order chi connectivity index (χ0) is 13.0. The number of carbonyl (C=O) groups is 1. The molecular formula is C13H16BrIN2O. The van der Waals surface area contributed by atoms with Gasteiger partial charge in [0.15, 0.2) is 0 Å². The van der Waals surface area contributed by atoms with Crippen molar-refractivity contribution in [3.8, 4) is 0 Å². The quantitative estimate of drug-likeness (QED) is 0.729. The maximum Gasteiger partial charge on any atom is 0.238 e. The molecular weight excluding hydrogens is 407 g/mol. The fraction of sp³-hybridized carbons (Fsp3) is 0.462. The van der Waals surface area contributed by atoms with Gasteiger partial charge in [-0.25, -0.2) is 0 Å². The van der Waals surface area contributed by atoms with E-state index in [9.17, 15) is 4.79 Å². The molecule has 0 spiro atoms. The summed E-state index contributed by atoms with van der Waals surface area (Å²) in [5, 5.41) is 6.25. The van der Waals surface area contributed by atoms with Gasteiger partial charge in [-0.15, -0.1) is 0 Å². The van der Waals surface area contributed by atoms with E-state index in [0.717, 1.165) is 13.7 Å². The van der Waals surface area contributed by atoms with Crippen molar-refractivity contribution in [3.63, 3.8) is 0 Å². The highest BCUT2D eigenvalue weighted by Crippen LogP contribution is 2.23. The van der Waals surface area contributed by atoms with E-state index >= 15 is 0 Å². The highest BCUT2D eigenvalue weighted by molar-refractivity contribution is 14.1. The van der Waals surface area contributed by atoms with E-state index in [1.54, 1.807) is 0 Å². The third-order valence-corrected chi connectivity index (χ3v) is 4.54. The van der Waals surface area contributed by atoms with Gasteiger partial charge in [-0.1, -0.05) is 28.8 Å². The third-order valence-electron chi connectivity index (χ3n) is 3.11. The molecule has 3 nitrogen and oxygen atoms in total. The highest BCUT2D eigenvalue weighted by Gasteiger charge is 2.15. The summed E-state index contributed by atoms with van der Waals surface area (Å²) in [5.74, 6) is 0.0258. The Labute approximate surface area is 129 Å². The van der Waals surface area contributed by atoms with Gasteiger partial charge < -0.3 is 10.6 Å². The van der Waals surface area contributed by atoms with Crippen molar-refractivity contribution in [1.82, 2.24) is 5.32 Å². The van der Waals surface area contributed by atoms with Crippen molar-refractivity contribution in [2.45, 2.75) is 31.7 Å². The van der Waals surface area contributed by atoms with Gasteiger partial charge in [0.25, 0.3) is 0 Å². The number of anilines is 1. The summed E-state index contributed by atoms with van der Waals surface area (Å²) in [6.45, 7) is 0.396. The number of nitrogens with one attached hydrogen (secondary N) is 2. The maximum absolute atomic E-state index is 11.8. The molecule has 2 N–H and O–H groups in total. The zero-order valence-electron chi connectivity index (χ0n) is 10.0. The summed E-state index contributed by atoms with van der Waals surface area (Å²) in [5.41, 5.74) is 0.864. The lowest BCUT2D eigenvalue weighted by atomic mass is 10.2. The second kappa shape index (κ2) is 6.86. The van der Waals surface area contributed by atoms with Crippen LogP contribution in [-0.4, -0.2) is 18.5 Å². The SMILES string of the molecule is O=C(CNC1CCCC1)Nc1cc(Br)ccc1I. The maximum atomic E-state index is 11.8. The van der Waals surface area contributed by atoms with Gasteiger partial charge in [0.1, 0.15) is 0 Å². The Kier molecular flexibility index (Phi) is 5.44. The van der Waals surface area contributed by atoms with Gasteiger partial charge in [0, 0.05) is 14.1 Å². The van der Waals surface area contributed by atoms with Crippen molar-refractivity contribution >= 4 is 50.1 Å². The van der Waals surface area contributed by atoms with Crippen LogP contribution in [0.15, 0.2) is 22.7 Å². The van der Waals surface area contributed by atoms with E-state index in [-0.39, 0.29) is 5.91 Å². The second-order valence-electron chi connectivity index (χ2n) is 4.53. The molecule has 0 saturated heterocycles. The second-order valence-corrected chi connectivity index (χ2v) is 6.61. The molecule has 0 unspecified atom stereocenters. The smallest absolute Gasteiger partial charge is 0.238 e. The fourth-order valence-electron chi connectivity index (χ4n) is 2.15. The minimum atomic E-state index is 0.0258. The number of carbonyl (C=O) groups excluding carboxylic acids is 1. The average molecular weight is 423 g/mol. The molecule has 1 aromatic carbocycles. The molecule has 1 amide bonds.